The second-order valence-electron chi connectivity index (χ2n) is 5.37. The van der Waals surface area contributed by atoms with Crippen LogP contribution >= 0.6 is 0 Å². The standard InChI is InChI=1S/C18H20.H2O2/c1-4-10-16(11-5-1)18(14-8-3-9-15-18)17-12-6-2-7-13-17;1-2/h1-2,4-7,10-13H,3,8-9,14-15H2;1-2H. The fraction of sp³-hybridized carbons (Fsp3) is 0.333. The fourth-order valence-corrected chi connectivity index (χ4v) is 3.41. The van der Waals surface area contributed by atoms with Crippen molar-refractivity contribution in [3.05, 3.63) is 71.8 Å². The van der Waals surface area contributed by atoms with Gasteiger partial charge < -0.3 is 0 Å². The van der Waals surface area contributed by atoms with Crippen molar-refractivity contribution in [1.29, 1.82) is 0 Å². The topological polar surface area (TPSA) is 40.5 Å². The highest BCUT2D eigenvalue weighted by atomic mass is 17.0. The van der Waals surface area contributed by atoms with Gasteiger partial charge in [0.25, 0.3) is 0 Å². The van der Waals surface area contributed by atoms with Gasteiger partial charge in [0.15, 0.2) is 0 Å². The normalized spacial score (nSPS) is 16.9. The molecule has 1 saturated carbocycles. The third-order valence-corrected chi connectivity index (χ3v) is 4.36. The van der Waals surface area contributed by atoms with Crippen LogP contribution in [-0.2, 0) is 5.41 Å². The summed E-state index contributed by atoms with van der Waals surface area (Å²) in [5.41, 5.74) is 3.26. The average Bonchev–Trinajstić information content (AvgIpc) is 2.59. The molecule has 0 atom stereocenters. The Morgan fingerprint density at radius 3 is 1.40 bits per heavy atom. The predicted octanol–water partition coefficient (Wildman–Crippen LogP) is 4.95. The number of rotatable bonds is 2. The second-order valence-corrected chi connectivity index (χ2v) is 5.37. The van der Waals surface area contributed by atoms with Crippen LogP contribution in [0, 0.1) is 0 Å². The van der Waals surface area contributed by atoms with Crippen molar-refractivity contribution < 1.29 is 10.5 Å². The van der Waals surface area contributed by atoms with Gasteiger partial charge in [-0.05, 0) is 24.0 Å². The Kier molecular flexibility index (Phi) is 5.33. The lowest BCUT2D eigenvalue weighted by molar-refractivity contribution is -0.176. The third kappa shape index (κ3) is 2.92. The minimum atomic E-state index is 0.265. The Bertz CT molecular complexity index is 446. The van der Waals surface area contributed by atoms with E-state index in [4.69, 9.17) is 10.5 Å². The molecule has 0 heterocycles. The van der Waals surface area contributed by atoms with Gasteiger partial charge in [0, 0.05) is 5.41 Å². The molecule has 2 aromatic rings. The highest BCUT2D eigenvalue weighted by molar-refractivity contribution is 5.39. The minimum Gasteiger partial charge on any atom is -0.255 e. The molecule has 2 heteroatoms. The van der Waals surface area contributed by atoms with Gasteiger partial charge in [-0.3, -0.25) is 10.5 Å². The molecule has 0 saturated heterocycles. The molecule has 1 fully saturated rings. The maximum atomic E-state index is 6.00. The van der Waals surface area contributed by atoms with E-state index in [9.17, 15) is 0 Å². The van der Waals surface area contributed by atoms with E-state index >= 15 is 0 Å². The molecule has 20 heavy (non-hydrogen) atoms. The number of hydrogen-bond acceptors (Lipinski definition) is 2. The summed E-state index contributed by atoms with van der Waals surface area (Å²) in [6.45, 7) is 0. The van der Waals surface area contributed by atoms with Crippen molar-refractivity contribution >= 4 is 0 Å². The van der Waals surface area contributed by atoms with Gasteiger partial charge in [-0.1, -0.05) is 79.9 Å². The Labute approximate surface area is 120 Å². The van der Waals surface area contributed by atoms with Crippen LogP contribution in [-0.4, -0.2) is 10.5 Å². The van der Waals surface area contributed by atoms with E-state index in [1.165, 1.54) is 43.2 Å². The molecular formula is C18H22O2. The Balaban J connectivity index is 0.000000704. The summed E-state index contributed by atoms with van der Waals surface area (Å²) in [6, 6.07) is 22.1. The maximum Gasteiger partial charge on any atom is 0.0202 e. The smallest absolute Gasteiger partial charge is 0.0202 e. The molecule has 0 spiro atoms. The zero-order chi connectivity index (χ0) is 14.3. The molecule has 0 unspecified atom stereocenters. The molecule has 3 rings (SSSR count). The predicted molar refractivity (Wildman–Crippen MR) is 82.0 cm³/mol. The van der Waals surface area contributed by atoms with Gasteiger partial charge in [0.1, 0.15) is 0 Å². The minimum absolute atomic E-state index is 0.265. The van der Waals surface area contributed by atoms with Gasteiger partial charge in [-0.15, -0.1) is 0 Å². The Hall–Kier alpha value is -1.64. The van der Waals surface area contributed by atoms with Gasteiger partial charge in [-0.25, -0.2) is 0 Å². The maximum absolute atomic E-state index is 6.00. The van der Waals surface area contributed by atoms with Gasteiger partial charge >= 0.3 is 0 Å². The summed E-state index contributed by atoms with van der Waals surface area (Å²) >= 11 is 0. The summed E-state index contributed by atoms with van der Waals surface area (Å²) in [4.78, 5) is 0. The first-order valence-electron chi connectivity index (χ1n) is 7.23. The first-order chi connectivity index (χ1) is 9.92. The van der Waals surface area contributed by atoms with Crippen LogP contribution in [0.5, 0.6) is 0 Å². The van der Waals surface area contributed by atoms with Crippen LogP contribution < -0.4 is 0 Å². The second kappa shape index (κ2) is 7.22. The zero-order valence-corrected chi connectivity index (χ0v) is 11.7. The summed E-state index contributed by atoms with van der Waals surface area (Å²) in [7, 11) is 0. The molecule has 1 aliphatic rings. The molecule has 0 amide bonds. The van der Waals surface area contributed by atoms with Crippen LogP contribution in [0.4, 0.5) is 0 Å². The molecule has 106 valence electrons. The van der Waals surface area contributed by atoms with E-state index in [0.717, 1.165) is 0 Å². The van der Waals surface area contributed by atoms with E-state index in [-0.39, 0.29) is 5.41 Å². The molecule has 0 aromatic heterocycles. The van der Waals surface area contributed by atoms with Crippen LogP contribution in [0.15, 0.2) is 60.7 Å². The molecule has 2 N–H and O–H groups in total. The van der Waals surface area contributed by atoms with Crippen molar-refractivity contribution in [1.82, 2.24) is 0 Å². The molecular weight excluding hydrogens is 248 g/mol. The zero-order valence-electron chi connectivity index (χ0n) is 11.7. The van der Waals surface area contributed by atoms with Crippen LogP contribution in [0.1, 0.15) is 43.2 Å². The largest absolute Gasteiger partial charge is 0.255 e. The lowest BCUT2D eigenvalue weighted by atomic mass is 9.65. The monoisotopic (exact) mass is 270 g/mol. The number of benzene rings is 2. The number of hydrogen-bond donors (Lipinski definition) is 2. The van der Waals surface area contributed by atoms with E-state index < -0.39 is 0 Å². The van der Waals surface area contributed by atoms with E-state index in [1.807, 2.05) is 0 Å². The summed E-state index contributed by atoms with van der Waals surface area (Å²) in [6.07, 6.45) is 6.68. The summed E-state index contributed by atoms with van der Waals surface area (Å²) < 4.78 is 0. The van der Waals surface area contributed by atoms with Gasteiger partial charge in [0.05, 0.1) is 0 Å². The fourth-order valence-electron chi connectivity index (χ4n) is 3.41. The molecule has 0 aliphatic heterocycles. The van der Waals surface area contributed by atoms with Crippen molar-refractivity contribution in [2.24, 2.45) is 0 Å². The average molecular weight is 270 g/mol. The molecule has 1 aliphatic carbocycles. The van der Waals surface area contributed by atoms with Crippen LogP contribution in [0.25, 0.3) is 0 Å². The molecule has 2 nitrogen and oxygen atoms in total. The Morgan fingerprint density at radius 2 is 1.00 bits per heavy atom. The summed E-state index contributed by atoms with van der Waals surface area (Å²) in [5, 5.41) is 12.0. The lowest BCUT2D eigenvalue weighted by Crippen LogP contribution is -2.30. The Morgan fingerprint density at radius 1 is 0.600 bits per heavy atom. The van der Waals surface area contributed by atoms with Crippen LogP contribution in [0.2, 0.25) is 0 Å². The van der Waals surface area contributed by atoms with Crippen molar-refractivity contribution in [3.63, 3.8) is 0 Å². The quantitative estimate of drug-likeness (QED) is 0.598. The third-order valence-electron chi connectivity index (χ3n) is 4.36. The summed E-state index contributed by atoms with van der Waals surface area (Å²) in [5.74, 6) is 0. The highest BCUT2D eigenvalue weighted by Crippen LogP contribution is 2.44. The van der Waals surface area contributed by atoms with Crippen molar-refractivity contribution in [2.75, 3.05) is 0 Å². The van der Waals surface area contributed by atoms with E-state index in [1.54, 1.807) is 0 Å². The van der Waals surface area contributed by atoms with E-state index in [2.05, 4.69) is 60.7 Å². The molecule has 0 bridgehead atoms. The lowest BCUT2D eigenvalue weighted by Gasteiger charge is -2.38. The van der Waals surface area contributed by atoms with Crippen LogP contribution in [0.3, 0.4) is 0 Å². The first kappa shape index (κ1) is 14.8. The van der Waals surface area contributed by atoms with Gasteiger partial charge in [-0.2, -0.15) is 0 Å². The SMILES string of the molecule is OO.c1ccc(C2(c3ccccc3)CCCCC2)cc1. The molecule has 0 radical (unpaired) electrons. The highest BCUT2D eigenvalue weighted by Gasteiger charge is 2.35. The molecule has 2 aromatic carbocycles. The van der Waals surface area contributed by atoms with Crippen molar-refractivity contribution in [2.45, 2.75) is 37.5 Å². The first-order valence-corrected chi connectivity index (χ1v) is 7.23. The van der Waals surface area contributed by atoms with Gasteiger partial charge in [0.2, 0.25) is 0 Å². The van der Waals surface area contributed by atoms with Crippen molar-refractivity contribution in [3.8, 4) is 0 Å². The van der Waals surface area contributed by atoms with E-state index in [0.29, 0.717) is 0 Å².